The predicted molar refractivity (Wildman–Crippen MR) is 71.0 cm³/mol. The van der Waals surface area contributed by atoms with E-state index in [2.05, 4.69) is 26.8 Å². The summed E-state index contributed by atoms with van der Waals surface area (Å²) in [7, 11) is 0. The van der Waals surface area contributed by atoms with Crippen LogP contribution in [0.1, 0.15) is 78.1 Å². The van der Waals surface area contributed by atoms with E-state index in [9.17, 15) is 0 Å². The summed E-state index contributed by atoms with van der Waals surface area (Å²) in [5, 5.41) is 0. The van der Waals surface area contributed by atoms with Gasteiger partial charge in [0.2, 0.25) is 0 Å². The molecule has 15 heavy (non-hydrogen) atoms. The highest BCUT2D eigenvalue weighted by atomic mass is 14.0. The first kappa shape index (κ1) is 14.7. The standard InChI is InChI=1S/C15H29/c1-4-5-6-7-8-9-10-11-12-13-14-15(2)3/h14H,1,4-13H2,2-3H3. The molecule has 89 valence electrons. The van der Waals surface area contributed by atoms with Crippen molar-refractivity contribution in [2.75, 3.05) is 0 Å². The Kier molecular flexibility index (Phi) is 11.6. The van der Waals surface area contributed by atoms with Gasteiger partial charge in [-0.05, 0) is 26.7 Å². The van der Waals surface area contributed by atoms with Gasteiger partial charge in [-0.15, -0.1) is 0 Å². The normalized spacial score (nSPS) is 10.3. The Morgan fingerprint density at radius 2 is 1.27 bits per heavy atom. The monoisotopic (exact) mass is 209 g/mol. The predicted octanol–water partition coefficient (Wildman–Crippen LogP) is 5.69. The van der Waals surface area contributed by atoms with Crippen molar-refractivity contribution in [3.05, 3.63) is 18.6 Å². The zero-order valence-electron chi connectivity index (χ0n) is 10.9. The fraction of sp³-hybridized carbons (Fsp3) is 0.800. The first-order valence-electron chi connectivity index (χ1n) is 6.70. The van der Waals surface area contributed by atoms with Crippen molar-refractivity contribution in [1.29, 1.82) is 0 Å². The molecule has 0 fully saturated rings. The summed E-state index contributed by atoms with van der Waals surface area (Å²) in [5.41, 5.74) is 1.46. The van der Waals surface area contributed by atoms with E-state index in [1.807, 2.05) is 0 Å². The molecule has 0 aliphatic carbocycles. The molecule has 0 unspecified atom stereocenters. The van der Waals surface area contributed by atoms with Crippen molar-refractivity contribution in [3.8, 4) is 0 Å². The Balaban J connectivity index is 2.96. The minimum Gasteiger partial charge on any atom is -0.0859 e. The Morgan fingerprint density at radius 3 is 1.73 bits per heavy atom. The average molecular weight is 209 g/mol. The van der Waals surface area contributed by atoms with Gasteiger partial charge in [0, 0.05) is 0 Å². The van der Waals surface area contributed by atoms with Crippen LogP contribution >= 0.6 is 0 Å². The molecule has 0 spiro atoms. The molecule has 0 saturated carbocycles. The molecule has 0 atom stereocenters. The van der Waals surface area contributed by atoms with Crippen LogP contribution in [0.2, 0.25) is 0 Å². The summed E-state index contributed by atoms with van der Waals surface area (Å²) < 4.78 is 0. The zero-order chi connectivity index (χ0) is 11.4. The van der Waals surface area contributed by atoms with Gasteiger partial charge in [-0.3, -0.25) is 0 Å². The highest BCUT2D eigenvalue weighted by molar-refractivity contribution is 4.92. The maximum absolute atomic E-state index is 3.86. The molecule has 0 heteroatoms. The van der Waals surface area contributed by atoms with E-state index in [4.69, 9.17) is 0 Å². The second-order valence-electron chi connectivity index (χ2n) is 4.75. The first-order chi connectivity index (χ1) is 7.27. The van der Waals surface area contributed by atoms with E-state index in [1.54, 1.807) is 0 Å². The van der Waals surface area contributed by atoms with Crippen LogP contribution in [0.25, 0.3) is 0 Å². The smallest absolute Gasteiger partial charge is 0.0348 e. The van der Waals surface area contributed by atoms with Crippen LogP contribution in [0.5, 0.6) is 0 Å². The van der Waals surface area contributed by atoms with Gasteiger partial charge in [-0.2, -0.15) is 0 Å². The molecule has 0 aromatic rings. The lowest BCUT2D eigenvalue weighted by Crippen LogP contribution is -1.81. The lowest BCUT2D eigenvalue weighted by molar-refractivity contribution is 0.570. The minimum atomic E-state index is 1.11. The molecular formula is C15H29. The van der Waals surface area contributed by atoms with Gasteiger partial charge in [0.15, 0.2) is 0 Å². The molecule has 0 N–H and O–H groups in total. The molecule has 0 aliphatic rings. The topological polar surface area (TPSA) is 0 Å². The van der Waals surface area contributed by atoms with Gasteiger partial charge in [0.25, 0.3) is 0 Å². The number of rotatable bonds is 10. The molecule has 0 aliphatic heterocycles. The highest BCUT2D eigenvalue weighted by Crippen LogP contribution is 2.10. The molecular weight excluding hydrogens is 180 g/mol. The third kappa shape index (κ3) is 13.7. The minimum absolute atomic E-state index is 1.11. The van der Waals surface area contributed by atoms with Crippen LogP contribution in [0, 0.1) is 6.92 Å². The number of allylic oxidation sites excluding steroid dienone is 2. The molecule has 0 aromatic heterocycles. The van der Waals surface area contributed by atoms with Crippen molar-refractivity contribution in [2.45, 2.75) is 78.1 Å². The Morgan fingerprint density at radius 1 is 0.800 bits per heavy atom. The lowest BCUT2D eigenvalue weighted by atomic mass is 10.1. The molecule has 0 nitrogen and oxygen atoms in total. The van der Waals surface area contributed by atoms with E-state index in [1.165, 1.54) is 63.4 Å². The fourth-order valence-electron chi connectivity index (χ4n) is 1.77. The second kappa shape index (κ2) is 11.8. The van der Waals surface area contributed by atoms with E-state index >= 15 is 0 Å². The first-order valence-corrected chi connectivity index (χ1v) is 6.70. The molecule has 0 heterocycles. The number of unbranched alkanes of at least 4 members (excludes halogenated alkanes) is 9. The largest absolute Gasteiger partial charge is 0.0859 e. The lowest BCUT2D eigenvalue weighted by Gasteiger charge is -2.00. The van der Waals surface area contributed by atoms with Gasteiger partial charge in [-0.25, -0.2) is 0 Å². The Hall–Kier alpha value is -0.260. The van der Waals surface area contributed by atoms with Gasteiger partial charge in [0.1, 0.15) is 0 Å². The third-order valence-corrected chi connectivity index (χ3v) is 2.76. The van der Waals surface area contributed by atoms with Crippen molar-refractivity contribution < 1.29 is 0 Å². The number of hydrogen-bond acceptors (Lipinski definition) is 0. The van der Waals surface area contributed by atoms with E-state index in [0.29, 0.717) is 0 Å². The summed E-state index contributed by atoms with van der Waals surface area (Å²) >= 11 is 0. The van der Waals surface area contributed by atoms with Crippen LogP contribution in [-0.2, 0) is 0 Å². The van der Waals surface area contributed by atoms with Crippen molar-refractivity contribution in [3.63, 3.8) is 0 Å². The van der Waals surface area contributed by atoms with E-state index in [-0.39, 0.29) is 0 Å². The average Bonchev–Trinajstić information content (AvgIpc) is 2.20. The molecule has 0 bridgehead atoms. The number of hydrogen-bond donors (Lipinski definition) is 0. The van der Waals surface area contributed by atoms with Gasteiger partial charge < -0.3 is 0 Å². The SMILES string of the molecule is [CH2]CCCCCCCCCCC=C(C)C. The summed E-state index contributed by atoms with van der Waals surface area (Å²) in [6.45, 7) is 8.23. The van der Waals surface area contributed by atoms with Crippen molar-refractivity contribution in [1.82, 2.24) is 0 Å². The van der Waals surface area contributed by atoms with Crippen LogP contribution in [0.15, 0.2) is 11.6 Å². The maximum atomic E-state index is 3.86. The Bertz CT molecular complexity index is 140. The maximum Gasteiger partial charge on any atom is -0.0348 e. The molecule has 0 saturated heterocycles. The molecule has 0 rings (SSSR count). The second-order valence-corrected chi connectivity index (χ2v) is 4.75. The summed E-state index contributed by atoms with van der Waals surface area (Å²) in [4.78, 5) is 0. The van der Waals surface area contributed by atoms with Crippen LogP contribution in [0.3, 0.4) is 0 Å². The third-order valence-electron chi connectivity index (χ3n) is 2.76. The quantitative estimate of drug-likeness (QED) is 0.320. The van der Waals surface area contributed by atoms with Crippen LogP contribution in [0.4, 0.5) is 0 Å². The summed E-state index contributed by atoms with van der Waals surface area (Å²) in [5.74, 6) is 0. The molecule has 0 aromatic carbocycles. The van der Waals surface area contributed by atoms with Gasteiger partial charge in [0.05, 0.1) is 0 Å². The zero-order valence-corrected chi connectivity index (χ0v) is 10.9. The van der Waals surface area contributed by atoms with Crippen molar-refractivity contribution >= 4 is 0 Å². The van der Waals surface area contributed by atoms with E-state index in [0.717, 1.165) is 6.42 Å². The molecule has 0 amide bonds. The highest BCUT2D eigenvalue weighted by Gasteiger charge is 1.91. The molecule has 1 radical (unpaired) electrons. The fourth-order valence-corrected chi connectivity index (χ4v) is 1.77. The van der Waals surface area contributed by atoms with Gasteiger partial charge in [-0.1, -0.05) is 69.9 Å². The van der Waals surface area contributed by atoms with E-state index < -0.39 is 0 Å². The van der Waals surface area contributed by atoms with Crippen LogP contribution < -0.4 is 0 Å². The Labute approximate surface area is 97.2 Å². The summed E-state index contributed by atoms with van der Waals surface area (Å²) in [6, 6.07) is 0. The van der Waals surface area contributed by atoms with Crippen molar-refractivity contribution in [2.24, 2.45) is 0 Å². The van der Waals surface area contributed by atoms with Crippen LogP contribution in [-0.4, -0.2) is 0 Å². The summed E-state index contributed by atoms with van der Waals surface area (Å²) in [6.07, 6.45) is 16.0. The van der Waals surface area contributed by atoms with Gasteiger partial charge >= 0.3 is 0 Å².